The van der Waals surface area contributed by atoms with Crippen molar-refractivity contribution in [1.29, 1.82) is 0 Å². The smallest absolute Gasteiger partial charge is 0.184 e. The van der Waals surface area contributed by atoms with E-state index in [2.05, 4.69) is 34.1 Å². The Bertz CT molecular complexity index is 662. The molecule has 3 nitrogen and oxygen atoms in total. The zero-order valence-corrected chi connectivity index (χ0v) is 12.6. The first-order chi connectivity index (χ1) is 10.8. The van der Waals surface area contributed by atoms with Crippen LogP contribution in [0.3, 0.4) is 0 Å². The maximum atomic E-state index is 13.1. The van der Waals surface area contributed by atoms with Crippen LogP contribution in [-0.4, -0.2) is 27.8 Å². The van der Waals surface area contributed by atoms with E-state index in [1.165, 1.54) is 12.0 Å². The monoisotopic (exact) mass is 292 g/mol. The largest absolute Gasteiger partial charge is 0.292 e. The number of hydrogen-bond acceptors (Lipinski definition) is 3. The first-order valence-corrected chi connectivity index (χ1v) is 8.02. The highest BCUT2D eigenvalue weighted by Gasteiger charge is 2.56. The molecule has 22 heavy (non-hydrogen) atoms. The van der Waals surface area contributed by atoms with Crippen molar-refractivity contribution in [1.82, 2.24) is 9.88 Å². The Morgan fingerprint density at radius 2 is 2.00 bits per heavy atom. The van der Waals surface area contributed by atoms with Gasteiger partial charge in [0.05, 0.1) is 5.54 Å². The number of pyridine rings is 1. The predicted molar refractivity (Wildman–Crippen MR) is 85.5 cm³/mol. The van der Waals surface area contributed by atoms with Gasteiger partial charge in [-0.1, -0.05) is 30.3 Å². The van der Waals surface area contributed by atoms with Gasteiger partial charge >= 0.3 is 0 Å². The summed E-state index contributed by atoms with van der Waals surface area (Å²) in [6.45, 7) is 1.88. The molecule has 3 fully saturated rings. The van der Waals surface area contributed by atoms with Crippen LogP contribution in [0.25, 0.3) is 0 Å². The van der Waals surface area contributed by atoms with E-state index in [9.17, 15) is 4.79 Å². The number of Topliss-reactive ketones (excluding diaryl/α,β-unsaturated/α-hetero) is 1. The molecule has 3 heterocycles. The molecule has 3 heteroatoms. The van der Waals surface area contributed by atoms with E-state index < -0.39 is 0 Å². The second-order valence-corrected chi connectivity index (χ2v) is 6.57. The van der Waals surface area contributed by atoms with Gasteiger partial charge in [-0.15, -0.1) is 0 Å². The second-order valence-electron chi connectivity index (χ2n) is 6.57. The topological polar surface area (TPSA) is 33.2 Å². The summed E-state index contributed by atoms with van der Waals surface area (Å²) in [7, 11) is 0. The van der Waals surface area contributed by atoms with Crippen molar-refractivity contribution in [2.75, 3.05) is 6.54 Å². The quantitative estimate of drug-likeness (QED) is 0.811. The molecule has 3 aliphatic rings. The van der Waals surface area contributed by atoms with Crippen molar-refractivity contribution in [3.8, 4) is 0 Å². The first-order valence-electron chi connectivity index (χ1n) is 8.02. The molecular formula is C19H20N2O. The van der Waals surface area contributed by atoms with E-state index in [0.29, 0.717) is 0 Å². The Balaban J connectivity index is 1.62. The number of nitrogens with zero attached hydrogens (tertiary/aromatic N) is 2. The summed E-state index contributed by atoms with van der Waals surface area (Å²) in [6, 6.07) is 14.2. The summed E-state index contributed by atoms with van der Waals surface area (Å²) < 4.78 is 0. The molecule has 112 valence electrons. The van der Waals surface area contributed by atoms with E-state index >= 15 is 0 Å². The minimum Gasteiger partial charge on any atom is -0.292 e. The molecule has 1 aliphatic carbocycles. The van der Waals surface area contributed by atoms with Gasteiger partial charge in [0.2, 0.25) is 0 Å². The normalized spacial score (nSPS) is 27.2. The summed E-state index contributed by atoms with van der Waals surface area (Å²) in [5.41, 5.74) is 1.74. The van der Waals surface area contributed by atoms with Crippen LogP contribution >= 0.6 is 0 Å². The molecule has 2 aromatic rings. The SMILES string of the molecule is O=C(c1cccnc1)C12CC(CCN1Cc1ccccc1)C2. The molecule has 1 aromatic carbocycles. The summed E-state index contributed by atoms with van der Waals surface area (Å²) >= 11 is 0. The van der Waals surface area contributed by atoms with Crippen LogP contribution in [0.15, 0.2) is 54.9 Å². The lowest BCUT2D eigenvalue weighted by atomic mass is 9.60. The van der Waals surface area contributed by atoms with Crippen molar-refractivity contribution >= 4 is 5.78 Å². The second kappa shape index (κ2) is 5.33. The van der Waals surface area contributed by atoms with Gasteiger partial charge in [-0.25, -0.2) is 0 Å². The molecule has 0 amide bonds. The molecule has 1 aromatic heterocycles. The Labute approximate surface area is 131 Å². The summed E-state index contributed by atoms with van der Waals surface area (Å²) in [5.74, 6) is 0.986. The number of carbonyl (C=O) groups excluding carboxylic acids is 1. The third-order valence-corrected chi connectivity index (χ3v) is 5.23. The van der Waals surface area contributed by atoms with Crippen LogP contribution in [0.4, 0.5) is 0 Å². The maximum absolute atomic E-state index is 13.1. The van der Waals surface area contributed by atoms with Crippen LogP contribution in [-0.2, 0) is 6.54 Å². The highest BCUT2D eigenvalue weighted by molar-refractivity contribution is 6.03. The van der Waals surface area contributed by atoms with Crippen molar-refractivity contribution < 1.29 is 4.79 Å². The number of aromatic nitrogens is 1. The predicted octanol–water partition coefficient (Wildman–Crippen LogP) is 3.32. The van der Waals surface area contributed by atoms with E-state index in [0.717, 1.165) is 37.4 Å². The van der Waals surface area contributed by atoms with Gasteiger partial charge in [0.1, 0.15) is 0 Å². The number of hydrogen-bond donors (Lipinski definition) is 0. The lowest BCUT2D eigenvalue weighted by Crippen LogP contribution is -2.66. The van der Waals surface area contributed by atoms with Crippen molar-refractivity contribution in [3.63, 3.8) is 0 Å². The minimum atomic E-state index is -0.290. The lowest BCUT2D eigenvalue weighted by Gasteiger charge is -2.58. The third-order valence-electron chi connectivity index (χ3n) is 5.23. The summed E-state index contributed by atoms with van der Waals surface area (Å²) in [5, 5.41) is 0. The van der Waals surface area contributed by atoms with Crippen molar-refractivity contribution in [2.24, 2.45) is 5.92 Å². The van der Waals surface area contributed by atoms with Gasteiger partial charge in [-0.2, -0.15) is 0 Å². The van der Waals surface area contributed by atoms with Gasteiger partial charge in [-0.05, 0) is 49.4 Å². The molecule has 0 N–H and O–H groups in total. The number of ketones is 1. The van der Waals surface area contributed by atoms with Crippen LogP contribution in [0.2, 0.25) is 0 Å². The highest BCUT2D eigenvalue weighted by Crippen LogP contribution is 2.50. The van der Waals surface area contributed by atoms with Gasteiger partial charge in [0.15, 0.2) is 5.78 Å². The fourth-order valence-corrected chi connectivity index (χ4v) is 4.04. The standard InChI is InChI=1S/C19H20N2O/c22-18(17-7-4-9-20-13-17)19-11-16(12-19)8-10-21(19)14-15-5-2-1-3-6-15/h1-7,9,13,16H,8,10-12,14H2. The Kier molecular flexibility index (Phi) is 3.30. The maximum Gasteiger partial charge on any atom is 0.184 e. The Hall–Kier alpha value is -2.00. The van der Waals surface area contributed by atoms with Gasteiger partial charge in [0, 0.05) is 24.5 Å². The average molecular weight is 292 g/mol. The van der Waals surface area contributed by atoms with Gasteiger partial charge in [-0.3, -0.25) is 14.7 Å². The Morgan fingerprint density at radius 1 is 1.18 bits per heavy atom. The molecule has 5 rings (SSSR count). The number of rotatable bonds is 4. The first kappa shape index (κ1) is 13.6. The zero-order valence-electron chi connectivity index (χ0n) is 12.6. The fraction of sp³-hybridized carbons (Fsp3) is 0.368. The molecular weight excluding hydrogens is 272 g/mol. The molecule has 1 saturated carbocycles. The van der Waals surface area contributed by atoms with Crippen molar-refractivity contribution in [2.45, 2.75) is 31.3 Å². The molecule has 0 radical (unpaired) electrons. The van der Waals surface area contributed by atoms with Crippen LogP contribution in [0.1, 0.15) is 35.2 Å². The average Bonchev–Trinajstić information content (AvgIpc) is 2.55. The highest BCUT2D eigenvalue weighted by atomic mass is 16.1. The molecule has 2 aliphatic heterocycles. The Morgan fingerprint density at radius 3 is 2.73 bits per heavy atom. The summed E-state index contributed by atoms with van der Waals surface area (Å²) in [4.78, 5) is 19.6. The van der Waals surface area contributed by atoms with Gasteiger partial charge < -0.3 is 0 Å². The van der Waals surface area contributed by atoms with Crippen molar-refractivity contribution in [3.05, 3.63) is 66.0 Å². The molecule has 0 spiro atoms. The van der Waals surface area contributed by atoms with E-state index in [1.807, 2.05) is 18.2 Å². The molecule has 0 atom stereocenters. The number of benzene rings is 1. The summed E-state index contributed by atoms with van der Waals surface area (Å²) in [6.07, 6.45) is 6.66. The number of fused-ring (bicyclic) bond motifs is 2. The van der Waals surface area contributed by atoms with Crippen LogP contribution in [0, 0.1) is 5.92 Å². The molecule has 2 saturated heterocycles. The fourth-order valence-electron chi connectivity index (χ4n) is 4.04. The van der Waals surface area contributed by atoms with Crippen LogP contribution < -0.4 is 0 Å². The zero-order chi connectivity index (χ0) is 15.0. The minimum absolute atomic E-state index is 0.257. The van der Waals surface area contributed by atoms with E-state index in [1.54, 1.807) is 12.4 Å². The van der Waals surface area contributed by atoms with Crippen LogP contribution in [0.5, 0.6) is 0 Å². The molecule has 0 unspecified atom stereocenters. The third kappa shape index (κ3) is 2.17. The number of piperidine rings is 2. The van der Waals surface area contributed by atoms with Gasteiger partial charge in [0.25, 0.3) is 0 Å². The van der Waals surface area contributed by atoms with E-state index in [4.69, 9.17) is 0 Å². The van der Waals surface area contributed by atoms with E-state index in [-0.39, 0.29) is 11.3 Å². The molecule has 2 bridgehead atoms. The lowest BCUT2D eigenvalue weighted by molar-refractivity contribution is -0.0583. The number of carbonyl (C=O) groups is 1.